The molecule has 1 atom stereocenters. The topological polar surface area (TPSA) is 59.0 Å². The number of carbonyl (C=O) groups is 1. The molecule has 0 aliphatic carbocycles. The van der Waals surface area contributed by atoms with Crippen molar-refractivity contribution < 1.29 is 19.4 Å². The summed E-state index contributed by atoms with van der Waals surface area (Å²) >= 11 is 0. The van der Waals surface area contributed by atoms with Crippen molar-refractivity contribution in [1.82, 2.24) is 4.90 Å². The average Bonchev–Trinajstić information content (AvgIpc) is 2.30. The molecule has 5 nitrogen and oxygen atoms in total. The second-order valence-electron chi connectivity index (χ2n) is 4.92. The molecule has 1 aliphatic heterocycles. The van der Waals surface area contributed by atoms with E-state index in [2.05, 4.69) is 4.90 Å². The molecular weight excluding hydrogens is 222 g/mol. The van der Waals surface area contributed by atoms with Gasteiger partial charge in [0.05, 0.1) is 12.0 Å². The number of carboxylic acid groups (broad SMARTS) is 1. The Morgan fingerprint density at radius 3 is 2.59 bits per heavy atom. The number of hydrogen-bond acceptors (Lipinski definition) is 4. The third-order valence-corrected chi connectivity index (χ3v) is 3.62. The van der Waals surface area contributed by atoms with E-state index < -0.39 is 11.4 Å². The van der Waals surface area contributed by atoms with Crippen LogP contribution >= 0.6 is 0 Å². The van der Waals surface area contributed by atoms with E-state index in [1.165, 1.54) is 0 Å². The van der Waals surface area contributed by atoms with Gasteiger partial charge < -0.3 is 19.5 Å². The second kappa shape index (κ2) is 6.33. The highest BCUT2D eigenvalue weighted by Gasteiger charge is 2.41. The Bertz CT molecular complexity index is 251. The van der Waals surface area contributed by atoms with E-state index in [4.69, 9.17) is 9.47 Å². The predicted molar refractivity (Wildman–Crippen MR) is 64.1 cm³/mol. The van der Waals surface area contributed by atoms with E-state index in [0.717, 1.165) is 0 Å². The highest BCUT2D eigenvalue weighted by Crippen LogP contribution is 2.32. The van der Waals surface area contributed by atoms with Crippen LogP contribution in [0.2, 0.25) is 0 Å². The Labute approximate surface area is 103 Å². The summed E-state index contributed by atoms with van der Waals surface area (Å²) in [4.78, 5) is 13.5. The van der Waals surface area contributed by atoms with Crippen LogP contribution in [0.4, 0.5) is 0 Å². The lowest BCUT2D eigenvalue weighted by Crippen LogP contribution is -2.48. The molecule has 1 heterocycles. The van der Waals surface area contributed by atoms with Crippen molar-refractivity contribution in [3.05, 3.63) is 0 Å². The SMILES string of the molecule is COCC(C)N(C)CC1(C(=O)O)CCOCC1. The van der Waals surface area contributed by atoms with Gasteiger partial charge in [-0.1, -0.05) is 0 Å². The van der Waals surface area contributed by atoms with Gasteiger partial charge >= 0.3 is 5.97 Å². The fraction of sp³-hybridized carbons (Fsp3) is 0.917. The van der Waals surface area contributed by atoms with Gasteiger partial charge in [-0.3, -0.25) is 4.79 Å². The number of ether oxygens (including phenoxy) is 2. The van der Waals surface area contributed by atoms with Crippen LogP contribution in [0.25, 0.3) is 0 Å². The molecule has 1 N–H and O–H groups in total. The zero-order chi connectivity index (χ0) is 12.9. The molecule has 100 valence electrons. The molecule has 1 rings (SSSR count). The number of likely N-dealkylation sites (N-methyl/N-ethyl adjacent to an activating group) is 1. The molecule has 1 fully saturated rings. The van der Waals surface area contributed by atoms with Crippen molar-refractivity contribution >= 4 is 5.97 Å². The van der Waals surface area contributed by atoms with Crippen LogP contribution in [0.3, 0.4) is 0 Å². The van der Waals surface area contributed by atoms with E-state index >= 15 is 0 Å². The Morgan fingerprint density at radius 1 is 1.53 bits per heavy atom. The summed E-state index contributed by atoms with van der Waals surface area (Å²) in [5.74, 6) is -0.711. The van der Waals surface area contributed by atoms with Crippen molar-refractivity contribution in [1.29, 1.82) is 0 Å². The van der Waals surface area contributed by atoms with Gasteiger partial charge in [-0.15, -0.1) is 0 Å². The highest BCUT2D eigenvalue weighted by molar-refractivity contribution is 5.75. The third kappa shape index (κ3) is 3.66. The summed E-state index contributed by atoms with van der Waals surface area (Å²) in [7, 11) is 3.61. The molecule has 0 radical (unpaired) electrons. The molecule has 0 aromatic carbocycles. The van der Waals surface area contributed by atoms with Crippen LogP contribution in [0.1, 0.15) is 19.8 Å². The van der Waals surface area contributed by atoms with Gasteiger partial charge in [-0.25, -0.2) is 0 Å². The van der Waals surface area contributed by atoms with Gasteiger partial charge in [-0.05, 0) is 26.8 Å². The fourth-order valence-corrected chi connectivity index (χ4v) is 2.20. The number of methoxy groups -OCH3 is 1. The van der Waals surface area contributed by atoms with Crippen LogP contribution in [0.5, 0.6) is 0 Å². The fourth-order valence-electron chi connectivity index (χ4n) is 2.20. The van der Waals surface area contributed by atoms with E-state index in [1.807, 2.05) is 14.0 Å². The molecule has 17 heavy (non-hydrogen) atoms. The van der Waals surface area contributed by atoms with Gasteiger partial charge in [-0.2, -0.15) is 0 Å². The van der Waals surface area contributed by atoms with Gasteiger partial charge in [0.2, 0.25) is 0 Å². The minimum absolute atomic E-state index is 0.221. The quantitative estimate of drug-likeness (QED) is 0.751. The van der Waals surface area contributed by atoms with E-state index in [1.54, 1.807) is 7.11 Å². The maximum absolute atomic E-state index is 11.5. The second-order valence-corrected chi connectivity index (χ2v) is 4.92. The van der Waals surface area contributed by atoms with Gasteiger partial charge in [0.1, 0.15) is 0 Å². The number of carboxylic acids is 1. The third-order valence-electron chi connectivity index (χ3n) is 3.62. The van der Waals surface area contributed by atoms with Crippen LogP contribution < -0.4 is 0 Å². The lowest BCUT2D eigenvalue weighted by atomic mass is 9.79. The normalized spacial score (nSPS) is 21.4. The summed E-state index contributed by atoms with van der Waals surface area (Å²) < 4.78 is 10.4. The van der Waals surface area contributed by atoms with Gasteiger partial charge in [0.25, 0.3) is 0 Å². The Balaban J connectivity index is 2.63. The summed E-state index contributed by atoms with van der Waals surface area (Å²) in [5, 5.41) is 9.44. The molecule has 0 saturated carbocycles. The van der Waals surface area contributed by atoms with Crippen LogP contribution in [-0.2, 0) is 14.3 Å². The summed E-state index contributed by atoms with van der Waals surface area (Å²) in [5.41, 5.74) is -0.658. The number of hydrogen-bond donors (Lipinski definition) is 1. The van der Waals surface area contributed by atoms with Gasteiger partial charge in [0.15, 0.2) is 0 Å². The Kier molecular flexibility index (Phi) is 5.36. The van der Waals surface area contributed by atoms with Crippen molar-refractivity contribution in [2.24, 2.45) is 5.41 Å². The molecule has 1 unspecified atom stereocenters. The Morgan fingerprint density at radius 2 is 2.12 bits per heavy atom. The number of rotatable bonds is 6. The molecule has 1 aliphatic rings. The van der Waals surface area contributed by atoms with Crippen molar-refractivity contribution in [2.75, 3.05) is 40.5 Å². The zero-order valence-electron chi connectivity index (χ0n) is 10.9. The first-order chi connectivity index (χ1) is 8.02. The van der Waals surface area contributed by atoms with Gasteiger partial charge in [0, 0.05) is 32.9 Å². The highest BCUT2D eigenvalue weighted by atomic mass is 16.5. The summed E-state index contributed by atoms with van der Waals surface area (Å²) in [6.45, 7) is 4.29. The minimum Gasteiger partial charge on any atom is -0.481 e. The smallest absolute Gasteiger partial charge is 0.311 e. The predicted octanol–water partition coefficient (Wildman–Crippen LogP) is 0.835. The van der Waals surface area contributed by atoms with Crippen molar-refractivity contribution in [3.63, 3.8) is 0 Å². The lowest BCUT2D eigenvalue weighted by Gasteiger charge is -2.38. The Hall–Kier alpha value is -0.650. The van der Waals surface area contributed by atoms with E-state index in [0.29, 0.717) is 39.2 Å². The van der Waals surface area contributed by atoms with Crippen molar-refractivity contribution in [2.45, 2.75) is 25.8 Å². The summed E-state index contributed by atoms with van der Waals surface area (Å²) in [6.07, 6.45) is 1.18. The first kappa shape index (κ1) is 14.4. The minimum atomic E-state index is -0.711. The number of nitrogens with zero attached hydrogens (tertiary/aromatic N) is 1. The molecule has 0 amide bonds. The van der Waals surface area contributed by atoms with E-state index in [9.17, 15) is 9.90 Å². The molecule has 0 aromatic heterocycles. The molecule has 5 heteroatoms. The largest absolute Gasteiger partial charge is 0.481 e. The first-order valence-corrected chi connectivity index (χ1v) is 6.02. The summed E-state index contributed by atoms with van der Waals surface area (Å²) in [6, 6.07) is 0.221. The molecule has 1 saturated heterocycles. The molecule has 0 aromatic rings. The monoisotopic (exact) mass is 245 g/mol. The number of aliphatic carboxylic acids is 1. The molecule has 0 bridgehead atoms. The van der Waals surface area contributed by atoms with Crippen LogP contribution in [-0.4, -0.2) is 62.5 Å². The van der Waals surface area contributed by atoms with E-state index in [-0.39, 0.29) is 6.04 Å². The molecule has 0 spiro atoms. The average molecular weight is 245 g/mol. The maximum Gasteiger partial charge on any atom is 0.311 e. The van der Waals surface area contributed by atoms with Crippen molar-refractivity contribution in [3.8, 4) is 0 Å². The van der Waals surface area contributed by atoms with Crippen LogP contribution in [0.15, 0.2) is 0 Å². The lowest BCUT2D eigenvalue weighted by molar-refractivity contribution is -0.157. The molecular formula is C12H23NO4. The zero-order valence-corrected chi connectivity index (χ0v) is 10.9. The van der Waals surface area contributed by atoms with Crippen LogP contribution in [0, 0.1) is 5.41 Å². The standard InChI is InChI=1S/C12H23NO4/c1-10(8-16-3)13(2)9-12(11(14)15)4-6-17-7-5-12/h10H,4-9H2,1-3H3,(H,14,15). The first-order valence-electron chi connectivity index (χ1n) is 6.02. The maximum atomic E-state index is 11.5.